The molecular weight excluding hydrogens is 1390 g/mol. The molecule has 29 nitrogen and oxygen atoms in total. The first-order valence-corrected chi connectivity index (χ1v) is 39.2. The van der Waals surface area contributed by atoms with Gasteiger partial charge in [-0.3, -0.25) is 66.4 Å². The number of phosphoric ester groups is 1. The second-order valence-electron chi connectivity index (χ2n) is 36.1. The van der Waals surface area contributed by atoms with E-state index in [4.69, 9.17) is 58.3 Å². The van der Waals surface area contributed by atoms with Gasteiger partial charge in [-0.1, -0.05) is 83.1 Å². The maximum absolute atomic E-state index is 12.4. The van der Waals surface area contributed by atoms with E-state index in [1.165, 1.54) is 42.9 Å². The molecule has 0 aromatic carbocycles. The Morgan fingerprint density at radius 2 is 0.689 bits per heavy atom. The lowest BCUT2D eigenvalue weighted by Crippen LogP contribution is -2.35. The molecule has 0 aliphatic carbocycles. The van der Waals surface area contributed by atoms with Gasteiger partial charge in [-0.15, -0.1) is 0 Å². The molecule has 32 heteroatoms. The predicted molar refractivity (Wildman–Crippen MR) is 397 cm³/mol. The number of H-pyrrole nitrogens is 4. The highest BCUT2D eigenvalue weighted by atomic mass is 32.5. The van der Waals surface area contributed by atoms with Gasteiger partial charge < -0.3 is 47.3 Å². The number of rotatable bonds is 16. The van der Waals surface area contributed by atoms with Crippen LogP contribution in [0.5, 0.6) is 0 Å². The molecule has 586 valence electrons. The number of ether oxygens (including phenoxy) is 6. The first-order chi connectivity index (χ1) is 46.4. The molecular formula is C71H120N8O21P2S. The number of aromatic nitrogens is 8. The van der Waals surface area contributed by atoms with Crippen LogP contribution in [0, 0.1) is 42.4 Å². The number of aryl methyl sites for hydroxylation is 3. The summed E-state index contributed by atoms with van der Waals surface area (Å²) in [6.45, 7) is 49.0. The molecule has 0 spiro atoms. The number of hydrogen-bond donors (Lipinski definition) is 6. The van der Waals surface area contributed by atoms with Crippen LogP contribution in [0.2, 0.25) is 0 Å². The minimum Gasteiger partial charge on any atom is -0.370 e. The van der Waals surface area contributed by atoms with Crippen molar-refractivity contribution >= 4 is 26.3 Å². The first-order valence-electron chi connectivity index (χ1n) is 35.1. The zero-order chi connectivity index (χ0) is 78.7. The fraction of sp³-hybridized carbons (Fsp3) is 0.775. The summed E-state index contributed by atoms with van der Waals surface area (Å²) in [5.41, 5.74) is -4.56. The predicted octanol–water partition coefficient (Wildman–Crippen LogP) is 11.1. The van der Waals surface area contributed by atoms with E-state index in [0.717, 1.165) is 12.8 Å². The fourth-order valence-electron chi connectivity index (χ4n) is 12.1. The monoisotopic (exact) mass is 1510 g/mol. The lowest BCUT2D eigenvalue weighted by Gasteiger charge is -2.31. The highest BCUT2D eigenvalue weighted by Crippen LogP contribution is 2.54. The van der Waals surface area contributed by atoms with Crippen molar-refractivity contribution in [2.45, 2.75) is 334 Å². The third-order valence-corrected chi connectivity index (χ3v) is 18.9. The van der Waals surface area contributed by atoms with Gasteiger partial charge in [0.2, 0.25) is 0 Å². The summed E-state index contributed by atoms with van der Waals surface area (Å²) >= 11 is 5.19. The van der Waals surface area contributed by atoms with E-state index in [1.807, 2.05) is 62.3 Å². The molecule has 0 saturated carbocycles. The topological polar surface area (TPSA) is 369 Å². The van der Waals surface area contributed by atoms with Gasteiger partial charge in [0.15, 0.2) is 0 Å². The van der Waals surface area contributed by atoms with Gasteiger partial charge in [-0.05, 0) is 163 Å². The summed E-state index contributed by atoms with van der Waals surface area (Å²) in [5.74, 6) is 0. The molecule has 103 heavy (non-hydrogen) atoms. The Morgan fingerprint density at radius 1 is 0.417 bits per heavy atom. The van der Waals surface area contributed by atoms with E-state index in [0.29, 0.717) is 48.8 Å². The van der Waals surface area contributed by atoms with E-state index in [-0.39, 0.29) is 75.4 Å². The normalized spacial score (nSPS) is 25.6. The molecule has 0 bridgehead atoms. The van der Waals surface area contributed by atoms with Gasteiger partial charge in [-0.25, -0.2) is 23.7 Å². The van der Waals surface area contributed by atoms with Crippen LogP contribution in [0.4, 0.5) is 0 Å². The molecule has 4 aromatic heterocycles. The second-order valence-corrected chi connectivity index (χ2v) is 40.2. The summed E-state index contributed by atoms with van der Waals surface area (Å²) < 4.78 is 76.8. The lowest BCUT2D eigenvalue weighted by molar-refractivity contribution is -0.102. The maximum Gasteiger partial charge on any atom is 0.473 e. The minimum absolute atomic E-state index is 0.0735. The summed E-state index contributed by atoms with van der Waals surface area (Å²) in [4.78, 5) is 125. The van der Waals surface area contributed by atoms with Crippen molar-refractivity contribution in [3.63, 3.8) is 0 Å². The Morgan fingerprint density at radius 3 is 0.971 bits per heavy atom. The van der Waals surface area contributed by atoms with Gasteiger partial charge in [0.05, 0.1) is 71.2 Å². The molecule has 8 rings (SSSR count). The van der Waals surface area contributed by atoms with Gasteiger partial charge in [-0.2, -0.15) is 0 Å². The quantitative estimate of drug-likeness (QED) is 0.0567. The van der Waals surface area contributed by atoms with Crippen molar-refractivity contribution in [1.82, 2.24) is 38.2 Å². The van der Waals surface area contributed by atoms with Crippen molar-refractivity contribution in [3.05, 3.63) is 131 Å². The summed E-state index contributed by atoms with van der Waals surface area (Å²) in [5, 5.41) is 0. The molecule has 4 aliphatic rings. The van der Waals surface area contributed by atoms with Crippen molar-refractivity contribution in [2.75, 3.05) is 0 Å². The van der Waals surface area contributed by atoms with Crippen LogP contribution < -0.4 is 45.0 Å². The van der Waals surface area contributed by atoms with Crippen LogP contribution in [0.15, 0.2) is 69.2 Å². The van der Waals surface area contributed by atoms with Crippen molar-refractivity contribution < 1.29 is 60.9 Å². The lowest BCUT2D eigenvalue weighted by atomic mass is 9.87. The first kappa shape index (κ1) is 88.7. The highest BCUT2D eigenvalue weighted by Gasteiger charge is 2.47. The zero-order valence-electron chi connectivity index (χ0n) is 65.7. The molecule has 0 amide bonds. The smallest absolute Gasteiger partial charge is 0.370 e. The number of aromatic amines is 4. The van der Waals surface area contributed by atoms with Crippen LogP contribution in [-0.2, 0) is 62.9 Å². The van der Waals surface area contributed by atoms with E-state index < -0.39 is 108 Å². The number of nitrogens with zero attached hydrogens (tertiary/aromatic N) is 4. The van der Waals surface area contributed by atoms with Crippen molar-refractivity contribution in [1.29, 1.82) is 0 Å². The van der Waals surface area contributed by atoms with Gasteiger partial charge in [0.1, 0.15) is 24.9 Å². The molecule has 6 N–H and O–H groups in total. The minimum atomic E-state index is -4.34. The average Bonchev–Trinajstić information content (AvgIpc) is 1.63. The fourth-order valence-corrected chi connectivity index (χ4v) is 15.7. The third-order valence-electron chi connectivity index (χ3n) is 15.8. The Kier molecular flexibility index (Phi) is 29.1. The SMILES string of the molecule is CC(C)(C)C[C@H]1O[C@@H](n2ccc(=O)[nH]c2=O)CC1OC(C)(C)C.Cc1cn([C@H]2CC(OC(C)(C)C)[C@@H](CC(C)(C)C)O2)c(=O)[nH]c1=O.Cc1cn([C@H]2CC(OP(=O)(O)OC(C)(C)C)[C@@H](CC(C)(C)C)O2)c(=O)[nH]c1=O.Cc1cn([C@H]2CC(OP(O)(=S)OC(C)(C)C)[C@@H](CC(C)(C)C)O2)c(=O)[nH]c1=O. The number of nitrogens with one attached hydrogen (secondary N) is 4. The standard InChI is InChI=1S/C18H31N2O7P.C18H31N2O6PS.C18H30N2O4.C17H28N2O4/c1-11-10-20(16(22)19-15(11)21)14-8-12(13(25-14)9-17(2,3)4)26-28(23,24)27-18(5,6)7;1-11-10-20(16(22)19-15(11)21)14-8-12(13(24-14)9-17(2,3)4)25-27(23,28)26-18(5,6)7;1-11-10-20(16(22)19-15(11)21)14-8-12(24-18(5,6)7)13(23-14)9-17(2,3)4;1-16(2,3)10-12-11(23-17(4,5)6)9-14(22-12)19-8-7-13(20)18-15(19)21/h10,12-14H,8-9H2,1-7H3,(H,23,24)(H,19,21,22);10,12-14H,8-9H2,1-7H3,(H,23,28)(H,19,21,22);10,12-14H,8-9H2,1-7H3,(H,19,21,22);7-8,11-12,14H,9-10H2,1-6H3,(H,18,20,21)/t12?,13-,14-;12?,13-,14-,27?;12?,13-,14-;11?,12-,14-/m1111/s1. The Balaban J connectivity index is 0.000000248. The van der Waals surface area contributed by atoms with Crippen molar-refractivity contribution in [2.24, 2.45) is 21.7 Å². The number of phosphoric acid groups is 1. The summed E-state index contributed by atoms with van der Waals surface area (Å²) in [6.07, 6.45) is 5.70. The maximum atomic E-state index is 12.4. The average molecular weight is 1520 g/mol. The second kappa shape index (κ2) is 33.7. The van der Waals surface area contributed by atoms with Crippen LogP contribution in [0.25, 0.3) is 0 Å². The molecule has 6 unspecified atom stereocenters. The van der Waals surface area contributed by atoms with Crippen LogP contribution >= 0.6 is 14.5 Å². The molecule has 14 atom stereocenters. The van der Waals surface area contributed by atoms with Crippen LogP contribution in [0.3, 0.4) is 0 Å². The Hall–Kier alpha value is -4.88. The number of hydrogen-bond acceptors (Lipinski definition) is 20. The van der Waals surface area contributed by atoms with E-state index in [2.05, 4.69) is 82.2 Å². The van der Waals surface area contributed by atoms with E-state index in [1.54, 1.807) is 68.5 Å². The van der Waals surface area contributed by atoms with Gasteiger partial charge in [0, 0.05) is 73.2 Å². The van der Waals surface area contributed by atoms with Gasteiger partial charge >= 0.3 is 37.3 Å². The van der Waals surface area contributed by atoms with E-state index in [9.17, 15) is 52.7 Å². The summed E-state index contributed by atoms with van der Waals surface area (Å²) in [6, 6.07) is 1.33. The Bertz CT molecular complexity index is 3920. The molecule has 8 heterocycles. The third kappa shape index (κ3) is 29.7. The highest BCUT2D eigenvalue weighted by molar-refractivity contribution is 8.07. The van der Waals surface area contributed by atoms with Crippen molar-refractivity contribution in [3.8, 4) is 0 Å². The molecule has 4 aliphatic heterocycles. The molecule has 4 fully saturated rings. The molecule has 4 saturated heterocycles. The van der Waals surface area contributed by atoms with Crippen LogP contribution in [-0.4, -0.2) is 119 Å². The van der Waals surface area contributed by atoms with Crippen LogP contribution in [0.1, 0.15) is 259 Å². The van der Waals surface area contributed by atoms with Gasteiger partial charge in [0.25, 0.3) is 22.2 Å². The largest absolute Gasteiger partial charge is 0.473 e. The Labute approximate surface area is 609 Å². The molecule has 4 aromatic rings. The molecule has 0 radical (unpaired) electrons. The summed E-state index contributed by atoms with van der Waals surface area (Å²) in [7, 11) is -4.34. The zero-order valence-corrected chi connectivity index (χ0v) is 68.3. The van der Waals surface area contributed by atoms with E-state index >= 15 is 0 Å².